The van der Waals surface area contributed by atoms with Gasteiger partial charge in [0, 0.05) is 23.8 Å². The number of carbonyl (C=O) groups excluding carboxylic acids is 1. The number of carbonyl (C=O) groups is 1. The molecule has 0 unspecified atom stereocenters. The molecule has 0 saturated heterocycles. The number of aromatic nitrogens is 1. The summed E-state index contributed by atoms with van der Waals surface area (Å²) in [6.07, 6.45) is 2.88. The second-order valence-corrected chi connectivity index (χ2v) is 5.65. The third kappa shape index (κ3) is 3.96. The molecular formula is C16H16BrN3O. The molecule has 1 heterocycles. The summed E-state index contributed by atoms with van der Waals surface area (Å²) in [5.41, 5.74) is 2.15. The predicted molar refractivity (Wildman–Crippen MR) is 84.8 cm³/mol. The molecule has 1 aromatic carbocycles. The summed E-state index contributed by atoms with van der Waals surface area (Å²) in [4.78, 5) is 12.3. The highest BCUT2D eigenvalue weighted by molar-refractivity contribution is 9.10. The Hall–Kier alpha value is -2.06. The molecule has 0 aliphatic rings. The molecule has 0 spiro atoms. The van der Waals surface area contributed by atoms with Gasteiger partial charge in [-0.25, -0.2) is 0 Å². The quantitative estimate of drug-likeness (QED) is 0.901. The first-order chi connectivity index (χ1) is 10.1. The summed E-state index contributed by atoms with van der Waals surface area (Å²) < 4.78 is 2.83. The maximum atomic E-state index is 12.3. The van der Waals surface area contributed by atoms with Crippen molar-refractivity contribution in [3.8, 4) is 6.07 Å². The lowest BCUT2D eigenvalue weighted by atomic mass is 10.1. The maximum absolute atomic E-state index is 12.3. The SMILES string of the molecule is CCCn1cc(Br)cc1C(=O)NCc1cccc(C#N)c1. The van der Waals surface area contributed by atoms with Crippen molar-refractivity contribution in [1.82, 2.24) is 9.88 Å². The minimum absolute atomic E-state index is 0.114. The van der Waals surface area contributed by atoms with Gasteiger partial charge >= 0.3 is 0 Å². The van der Waals surface area contributed by atoms with Crippen molar-refractivity contribution in [3.63, 3.8) is 0 Å². The highest BCUT2D eigenvalue weighted by Crippen LogP contribution is 2.15. The van der Waals surface area contributed by atoms with Gasteiger partial charge in [-0.05, 0) is 46.1 Å². The van der Waals surface area contributed by atoms with E-state index < -0.39 is 0 Å². The molecule has 1 amide bonds. The average Bonchev–Trinajstić information content (AvgIpc) is 2.86. The monoisotopic (exact) mass is 345 g/mol. The van der Waals surface area contributed by atoms with Crippen LogP contribution in [0.15, 0.2) is 41.0 Å². The number of halogens is 1. The Kier molecular flexibility index (Phi) is 5.18. The van der Waals surface area contributed by atoms with E-state index in [1.165, 1.54) is 0 Å². The zero-order valence-corrected chi connectivity index (χ0v) is 13.4. The standard InChI is InChI=1S/C16H16BrN3O/c1-2-6-20-11-14(17)8-15(20)16(21)19-10-13-5-3-4-12(7-13)9-18/h3-5,7-8,11H,2,6,10H2,1H3,(H,19,21). The van der Waals surface area contributed by atoms with Crippen molar-refractivity contribution in [2.75, 3.05) is 0 Å². The van der Waals surface area contributed by atoms with E-state index in [2.05, 4.69) is 34.2 Å². The number of aryl methyl sites for hydroxylation is 1. The third-order valence-electron chi connectivity index (χ3n) is 3.07. The van der Waals surface area contributed by atoms with E-state index in [0.29, 0.717) is 17.8 Å². The van der Waals surface area contributed by atoms with Gasteiger partial charge in [0.1, 0.15) is 5.69 Å². The van der Waals surface area contributed by atoms with Gasteiger partial charge in [0.05, 0.1) is 11.6 Å². The van der Waals surface area contributed by atoms with E-state index in [4.69, 9.17) is 5.26 Å². The van der Waals surface area contributed by atoms with Crippen LogP contribution in [-0.2, 0) is 13.1 Å². The first-order valence-corrected chi connectivity index (χ1v) is 7.56. The van der Waals surface area contributed by atoms with Crippen molar-refractivity contribution in [3.05, 3.63) is 57.8 Å². The number of benzene rings is 1. The van der Waals surface area contributed by atoms with Crippen molar-refractivity contribution < 1.29 is 4.79 Å². The number of hydrogen-bond donors (Lipinski definition) is 1. The summed E-state index contributed by atoms with van der Waals surface area (Å²) in [6, 6.07) is 11.1. The summed E-state index contributed by atoms with van der Waals surface area (Å²) in [5, 5.41) is 11.8. The van der Waals surface area contributed by atoms with Crippen LogP contribution in [0, 0.1) is 11.3 Å². The third-order valence-corrected chi connectivity index (χ3v) is 3.50. The van der Waals surface area contributed by atoms with E-state index in [9.17, 15) is 4.79 Å². The van der Waals surface area contributed by atoms with Gasteiger partial charge in [0.25, 0.3) is 5.91 Å². The summed E-state index contributed by atoms with van der Waals surface area (Å²) in [6.45, 7) is 3.28. The van der Waals surface area contributed by atoms with E-state index in [1.807, 2.05) is 29.0 Å². The van der Waals surface area contributed by atoms with Crippen LogP contribution >= 0.6 is 15.9 Å². The molecule has 0 radical (unpaired) electrons. The second-order valence-electron chi connectivity index (χ2n) is 4.73. The fraction of sp³-hybridized carbons (Fsp3) is 0.250. The van der Waals surface area contributed by atoms with Crippen molar-refractivity contribution >= 4 is 21.8 Å². The molecule has 2 aromatic rings. The van der Waals surface area contributed by atoms with Crippen LogP contribution in [0.25, 0.3) is 0 Å². The number of nitriles is 1. The summed E-state index contributed by atoms with van der Waals surface area (Å²) in [5.74, 6) is -0.114. The Labute approximate surface area is 132 Å². The zero-order chi connectivity index (χ0) is 15.2. The number of amides is 1. The molecule has 1 N–H and O–H groups in total. The smallest absolute Gasteiger partial charge is 0.268 e. The van der Waals surface area contributed by atoms with E-state index in [-0.39, 0.29) is 5.91 Å². The molecule has 1 aromatic heterocycles. The van der Waals surface area contributed by atoms with Crippen LogP contribution in [-0.4, -0.2) is 10.5 Å². The van der Waals surface area contributed by atoms with Crippen molar-refractivity contribution in [2.24, 2.45) is 0 Å². The van der Waals surface area contributed by atoms with Crippen LogP contribution < -0.4 is 5.32 Å². The highest BCUT2D eigenvalue weighted by atomic mass is 79.9. The molecule has 108 valence electrons. The van der Waals surface area contributed by atoms with Gasteiger partial charge in [-0.2, -0.15) is 5.26 Å². The predicted octanol–water partition coefficient (Wildman–Crippen LogP) is 3.46. The Morgan fingerprint density at radius 1 is 1.43 bits per heavy atom. The first-order valence-electron chi connectivity index (χ1n) is 6.77. The fourth-order valence-electron chi connectivity index (χ4n) is 2.11. The molecule has 5 heteroatoms. The molecule has 0 aliphatic heterocycles. The average molecular weight is 346 g/mol. The Balaban J connectivity index is 2.06. The molecule has 0 saturated carbocycles. The van der Waals surface area contributed by atoms with Crippen LogP contribution in [0.3, 0.4) is 0 Å². The number of hydrogen-bond acceptors (Lipinski definition) is 2. The van der Waals surface area contributed by atoms with Gasteiger partial charge in [-0.1, -0.05) is 19.1 Å². The normalized spacial score (nSPS) is 10.1. The second kappa shape index (κ2) is 7.09. The molecule has 0 bridgehead atoms. The lowest BCUT2D eigenvalue weighted by Crippen LogP contribution is -2.25. The van der Waals surface area contributed by atoms with Gasteiger partial charge < -0.3 is 9.88 Å². The minimum atomic E-state index is -0.114. The lowest BCUT2D eigenvalue weighted by Gasteiger charge is -2.09. The lowest BCUT2D eigenvalue weighted by molar-refractivity contribution is 0.0941. The topological polar surface area (TPSA) is 57.8 Å². The zero-order valence-electron chi connectivity index (χ0n) is 11.8. The van der Waals surface area contributed by atoms with Crippen LogP contribution in [0.1, 0.15) is 35.0 Å². The Bertz CT molecular complexity index is 685. The molecule has 21 heavy (non-hydrogen) atoms. The van der Waals surface area contributed by atoms with Crippen LogP contribution in [0.4, 0.5) is 0 Å². The van der Waals surface area contributed by atoms with E-state index >= 15 is 0 Å². The highest BCUT2D eigenvalue weighted by Gasteiger charge is 2.12. The number of nitrogens with one attached hydrogen (secondary N) is 1. The van der Waals surface area contributed by atoms with E-state index in [1.54, 1.807) is 12.1 Å². The van der Waals surface area contributed by atoms with E-state index in [0.717, 1.165) is 23.0 Å². The Morgan fingerprint density at radius 3 is 2.95 bits per heavy atom. The Morgan fingerprint density at radius 2 is 2.24 bits per heavy atom. The molecule has 0 aliphatic carbocycles. The van der Waals surface area contributed by atoms with Crippen molar-refractivity contribution in [1.29, 1.82) is 5.26 Å². The largest absolute Gasteiger partial charge is 0.347 e. The van der Waals surface area contributed by atoms with Gasteiger partial charge in [0.15, 0.2) is 0 Å². The summed E-state index contributed by atoms with van der Waals surface area (Å²) in [7, 11) is 0. The number of rotatable bonds is 5. The fourth-order valence-corrected chi connectivity index (χ4v) is 2.58. The van der Waals surface area contributed by atoms with Gasteiger partial charge in [0.2, 0.25) is 0 Å². The number of nitrogens with zero attached hydrogens (tertiary/aromatic N) is 2. The van der Waals surface area contributed by atoms with Gasteiger partial charge in [-0.3, -0.25) is 4.79 Å². The maximum Gasteiger partial charge on any atom is 0.268 e. The molecule has 4 nitrogen and oxygen atoms in total. The molecule has 0 atom stereocenters. The van der Waals surface area contributed by atoms with Crippen LogP contribution in [0.2, 0.25) is 0 Å². The first kappa shape index (κ1) is 15.3. The minimum Gasteiger partial charge on any atom is -0.347 e. The van der Waals surface area contributed by atoms with Crippen molar-refractivity contribution in [2.45, 2.75) is 26.4 Å². The molecule has 0 fully saturated rings. The van der Waals surface area contributed by atoms with Crippen LogP contribution in [0.5, 0.6) is 0 Å². The molecular weight excluding hydrogens is 330 g/mol. The van der Waals surface area contributed by atoms with Gasteiger partial charge in [-0.15, -0.1) is 0 Å². The summed E-state index contributed by atoms with van der Waals surface area (Å²) >= 11 is 3.40. The molecule has 2 rings (SSSR count).